The number of carbonyl (C=O) groups excluding carboxylic acids is 3. The van der Waals surface area contributed by atoms with Crippen molar-refractivity contribution in [1.82, 2.24) is 24.0 Å². The fourth-order valence-electron chi connectivity index (χ4n) is 4.27. The van der Waals surface area contributed by atoms with Crippen LogP contribution in [0.1, 0.15) is 12.8 Å². The number of nitrogens with zero attached hydrogens (tertiary/aromatic N) is 6. The first kappa shape index (κ1) is 22.2. The van der Waals surface area contributed by atoms with Gasteiger partial charge in [0, 0.05) is 51.5 Å². The van der Waals surface area contributed by atoms with E-state index < -0.39 is 27.9 Å². The number of hydrogen-bond acceptors (Lipinski definition) is 9. The van der Waals surface area contributed by atoms with Gasteiger partial charge in [0.15, 0.2) is 0 Å². The summed E-state index contributed by atoms with van der Waals surface area (Å²) in [6.07, 6.45) is 2.90. The third-order valence-corrected chi connectivity index (χ3v) is 8.24. The zero-order valence-corrected chi connectivity index (χ0v) is 18.9. The van der Waals surface area contributed by atoms with Gasteiger partial charge in [-0.05, 0) is 25.0 Å². The summed E-state index contributed by atoms with van der Waals surface area (Å²) in [5, 5.41) is 0. The summed E-state index contributed by atoms with van der Waals surface area (Å²) in [4.78, 5) is 47.5. The number of aromatic nitrogens is 1. The Hall–Kier alpha value is -2.61. The number of rotatable bonds is 6. The standard InChI is InChI=1S/C20H26N6O6S/c27-18-19(28)26(15-1-2-15)20(29)25(18)14-22-5-7-23(8-6-22)17-4-3-16(13-21-17)33(30,31)24-9-11-32-12-10-24/h3-4,13,15H,1-2,5-12,14H2. The van der Waals surface area contributed by atoms with E-state index in [0.29, 0.717) is 58.3 Å². The summed E-state index contributed by atoms with van der Waals surface area (Å²) in [5.41, 5.74) is 0. The van der Waals surface area contributed by atoms with Crippen LogP contribution in [0.3, 0.4) is 0 Å². The molecule has 4 amide bonds. The molecule has 0 N–H and O–H groups in total. The van der Waals surface area contributed by atoms with Crippen molar-refractivity contribution in [3.8, 4) is 0 Å². The minimum absolute atomic E-state index is 0.0879. The van der Waals surface area contributed by atoms with Crippen LogP contribution < -0.4 is 4.90 Å². The van der Waals surface area contributed by atoms with Crippen molar-refractivity contribution in [2.75, 3.05) is 64.1 Å². The lowest BCUT2D eigenvalue weighted by Gasteiger charge is -2.36. The molecule has 0 bridgehead atoms. The second kappa shape index (κ2) is 8.63. The van der Waals surface area contributed by atoms with Crippen molar-refractivity contribution in [3.05, 3.63) is 18.3 Å². The fourth-order valence-corrected chi connectivity index (χ4v) is 5.62. The van der Waals surface area contributed by atoms with E-state index in [-0.39, 0.29) is 17.6 Å². The van der Waals surface area contributed by atoms with Gasteiger partial charge < -0.3 is 9.64 Å². The lowest BCUT2D eigenvalue weighted by Crippen LogP contribution is -2.51. The van der Waals surface area contributed by atoms with Gasteiger partial charge in [0.2, 0.25) is 10.0 Å². The molecule has 33 heavy (non-hydrogen) atoms. The lowest BCUT2D eigenvalue weighted by atomic mass is 10.3. The van der Waals surface area contributed by atoms with E-state index in [0.717, 1.165) is 22.6 Å². The van der Waals surface area contributed by atoms with Crippen molar-refractivity contribution < 1.29 is 27.5 Å². The van der Waals surface area contributed by atoms with E-state index in [2.05, 4.69) is 4.98 Å². The molecule has 1 aromatic rings. The van der Waals surface area contributed by atoms with Crippen LogP contribution in [0.2, 0.25) is 0 Å². The lowest BCUT2D eigenvalue weighted by molar-refractivity contribution is -0.144. The van der Waals surface area contributed by atoms with Gasteiger partial charge in [0.05, 0.1) is 19.9 Å². The Balaban J connectivity index is 1.17. The number of carbonyl (C=O) groups is 3. The molecule has 3 aliphatic heterocycles. The summed E-state index contributed by atoms with van der Waals surface area (Å²) < 4.78 is 32.1. The summed E-state index contributed by atoms with van der Waals surface area (Å²) in [7, 11) is -3.59. The average molecular weight is 479 g/mol. The molecule has 0 aromatic carbocycles. The maximum atomic E-state index is 12.8. The first-order valence-corrected chi connectivity index (χ1v) is 12.5. The van der Waals surface area contributed by atoms with Crippen LogP contribution in [0.15, 0.2) is 23.2 Å². The van der Waals surface area contributed by atoms with Crippen molar-refractivity contribution in [3.63, 3.8) is 0 Å². The molecule has 12 nitrogen and oxygen atoms in total. The molecule has 0 unspecified atom stereocenters. The van der Waals surface area contributed by atoms with Gasteiger partial charge in [-0.15, -0.1) is 0 Å². The fraction of sp³-hybridized carbons (Fsp3) is 0.600. The molecule has 0 radical (unpaired) electrons. The van der Waals surface area contributed by atoms with Crippen molar-refractivity contribution in [1.29, 1.82) is 0 Å². The number of piperazine rings is 1. The number of sulfonamides is 1. The molecule has 13 heteroatoms. The van der Waals surface area contributed by atoms with E-state index in [9.17, 15) is 22.8 Å². The molecule has 4 fully saturated rings. The molecular formula is C20H26N6O6S. The molecule has 178 valence electrons. The Bertz CT molecular complexity index is 1050. The van der Waals surface area contributed by atoms with Gasteiger partial charge in [-0.1, -0.05) is 0 Å². The average Bonchev–Trinajstić information content (AvgIpc) is 3.65. The maximum absolute atomic E-state index is 12.8. The molecule has 1 saturated carbocycles. The SMILES string of the molecule is O=C1C(=O)N(C2CC2)C(=O)N1CN1CCN(c2ccc(S(=O)(=O)N3CCOCC3)cn2)CC1. The third kappa shape index (κ3) is 4.21. The molecule has 5 rings (SSSR count). The Kier molecular flexibility index (Phi) is 5.80. The van der Waals surface area contributed by atoms with Gasteiger partial charge >= 0.3 is 17.8 Å². The van der Waals surface area contributed by atoms with Crippen LogP contribution in [-0.4, -0.2) is 115 Å². The van der Waals surface area contributed by atoms with Crippen LogP contribution in [0.5, 0.6) is 0 Å². The van der Waals surface area contributed by atoms with Crippen molar-refractivity contribution >= 4 is 33.7 Å². The predicted octanol–water partition coefficient (Wildman–Crippen LogP) is -0.865. The van der Waals surface area contributed by atoms with Crippen LogP contribution >= 0.6 is 0 Å². The molecule has 0 atom stereocenters. The Morgan fingerprint density at radius 1 is 0.939 bits per heavy atom. The second-order valence-electron chi connectivity index (χ2n) is 8.54. The molecule has 4 heterocycles. The first-order valence-electron chi connectivity index (χ1n) is 11.1. The molecule has 1 aromatic heterocycles. The topological polar surface area (TPSA) is 124 Å². The number of pyridine rings is 1. The zero-order chi connectivity index (χ0) is 23.2. The number of imide groups is 2. The van der Waals surface area contributed by atoms with E-state index >= 15 is 0 Å². The summed E-state index contributed by atoms with van der Waals surface area (Å²) >= 11 is 0. The summed E-state index contributed by atoms with van der Waals surface area (Å²) in [6, 6.07) is 2.62. The molecule has 1 aliphatic carbocycles. The number of ether oxygens (including phenoxy) is 1. The molecular weight excluding hydrogens is 452 g/mol. The van der Waals surface area contributed by atoms with Gasteiger partial charge in [0.1, 0.15) is 10.7 Å². The number of morpholine rings is 1. The molecule has 4 aliphatic rings. The zero-order valence-electron chi connectivity index (χ0n) is 18.1. The quantitative estimate of drug-likeness (QED) is 0.379. The number of anilines is 1. The highest BCUT2D eigenvalue weighted by Crippen LogP contribution is 2.31. The minimum atomic E-state index is -3.59. The Labute approximate surface area is 191 Å². The molecule has 0 spiro atoms. The monoisotopic (exact) mass is 478 g/mol. The second-order valence-corrected chi connectivity index (χ2v) is 10.5. The van der Waals surface area contributed by atoms with E-state index in [1.807, 2.05) is 9.80 Å². The van der Waals surface area contributed by atoms with Crippen LogP contribution in [0.25, 0.3) is 0 Å². The minimum Gasteiger partial charge on any atom is -0.379 e. The first-order chi connectivity index (χ1) is 15.9. The highest BCUT2D eigenvalue weighted by Gasteiger charge is 2.51. The van der Waals surface area contributed by atoms with Crippen LogP contribution in [0, 0.1) is 0 Å². The third-order valence-electron chi connectivity index (χ3n) is 6.36. The van der Waals surface area contributed by atoms with Crippen LogP contribution in [-0.2, 0) is 24.3 Å². The van der Waals surface area contributed by atoms with Gasteiger partial charge in [0.25, 0.3) is 0 Å². The summed E-state index contributed by atoms with van der Waals surface area (Å²) in [6.45, 7) is 3.86. The number of amides is 4. The highest BCUT2D eigenvalue weighted by molar-refractivity contribution is 7.89. The largest absolute Gasteiger partial charge is 0.379 e. The molecule has 3 saturated heterocycles. The van der Waals surface area contributed by atoms with Crippen LogP contribution in [0.4, 0.5) is 10.6 Å². The number of hydrogen-bond donors (Lipinski definition) is 0. The van der Waals surface area contributed by atoms with E-state index in [1.165, 1.54) is 10.5 Å². The highest BCUT2D eigenvalue weighted by atomic mass is 32.2. The van der Waals surface area contributed by atoms with Crippen molar-refractivity contribution in [2.24, 2.45) is 0 Å². The van der Waals surface area contributed by atoms with E-state index in [1.54, 1.807) is 12.1 Å². The normalized spacial score (nSPS) is 23.6. The maximum Gasteiger partial charge on any atom is 0.335 e. The Morgan fingerprint density at radius 3 is 2.24 bits per heavy atom. The summed E-state index contributed by atoms with van der Waals surface area (Å²) in [5.74, 6) is -0.815. The number of urea groups is 1. The predicted molar refractivity (Wildman–Crippen MR) is 115 cm³/mol. The van der Waals surface area contributed by atoms with Gasteiger partial charge in [-0.2, -0.15) is 4.31 Å². The van der Waals surface area contributed by atoms with Gasteiger partial charge in [-0.3, -0.25) is 19.4 Å². The Morgan fingerprint density at radius 2 is 1.64 bits per heavy atom. The van der Waals surface area contributed by atoms with Gasteiger partial charge in [-0.25, -0.2) is 23.1 Å². The van der Waals surface area contributed by atoms with E-state index in [4.69, 9.17) is 4.74 Å². The smallest absolute Gasteiger partial charge is 0.335 e. The van der Waals surface area contributed by atoms with Crippen molar-refractivity contribution in [2.45, 2.75) is 23.8 Å².